The summed E-state index contributed by atoms with van der Waals surface area (Å²) in [6.45, 7) is 4.05. The van der Waals surface area contributed by atoms with Gasteiger partial charge >= 0.3 is 0 Å². The first-order valence-electron chi connectivity index (χ1n) is 5.76. The summed E-state index contributed by atoms with van der Waals surface area (Å²) in [6.07, 6.45) is 2.33. The lowest BCUT2D eigenvalue weighted by Crippen LogP contribution is -2.29. The van der Waals surface area contributed by atoms with Crippen LogP contribution in [0.2, 0.25) is 0 Å². The fourth-order valence-corrected chi connectivity index (χ4v) is 2.77. The second-order valence-corrected chi connectivity index (χ2v) is 5.46. The van der Waals surface area contributed by atoms with Crippen LogP contribution in [0.4, 0.5) is 0 Å². The fraction of sp³-hybridized carbons (Fsp3) is 0.462. The van der Waals surface area contributed by atoms with Crippen LogP contribution in [0.3, 0.4) is 0 Å². The molecule has 0 aromatic heterocycles. The van der Waals surface area contributed by atoms with E-state index in [1.54, 1.807) is 0 Å². The first-order valence-corrected chi connectivity index (χ1v) is 6.84. The van der Waals surface area contributed by atoms with Gasteiger partial charge in [-0.25, -0.2) is 0 Å². The van der Waals surface area contributed by atoms with Crippen molar-refractivity contribution >= 4 is 28.5 Å². The van der Waals surface area contributed by atoms with Crippen LogP contribution in [0, 0.1) is 9.49 Å². The number of benzene rings is 1. The molecule has 1 amide bonds. The van der Waals surface area contributed by atoms with Crippen molar-refractivity contribution in [3.63, 3.8) is 0 Å². The zero-order valence-electron chi connectivity index (χ0n) is 9.45. The number of halogens is 1. The van der Waals surface area contributed by atoms with Crippen molar-refractivity contribution in [2.24, 2.45) is 5.92 Å². The van der Waals surface area contributed by atoms with E-state index in [2.05, 4.69) is 29.5 Å². The number of hydrogen-bond donors (Lipinski definition) is 0. The molecule has 1 aromatic rings. The lowest BCUT2D eigenvalue weighted by molar-refractivity contribution is 0.0786. The molecule has 0 spiro atoms. The highest BCUT2D eigenvalue weighted by molar-refractivity contribution is 14.1. The molecule has 1 unspecified atom stereocenters. The number of carbonyl (C=O) groups is 1. The normalized spacial score (nSPS) is 20.1. The Morgan fingerprint density at radius 1 is 1.50 bits per heavy atom. The van der Waals surface area contributed by atoms with Crippen LogP contribution in [-0.4, -0.2) is 23.9 Å². The summed E-state index contributed by atoms with van der Waals surface area (Å²) < 4.78 is 1.05. The van der Waals surface area contributed by atoms with Crippen LogP contribution >= 0.6 is 22.6 Å². The topological polar surface area (TPSA) is 20.3 Å². The molecule has 0 N–H and O–H groups in total. The average molecular weight is 329 g/mol. The minimum absolute atomic E-state index is 0.195. The number of carbonyl (C=O) groups excluding carboxylic acids is 1. The van der Waals surface area contributed by atoms with Crippen molar-refractivity contribution < 1.29 is 4.79 Å². The molecular weight excluding hydrogens is 313 g/mol. The Bertz CT molecular complexity index is 391. The molecule has 1 saturated heterocycles. The van der Waals surface area contributed by atoms with E-state index in [1.165, 1.54) is 6.42 Å². The molecule has 1 aromatic carbocycles. The van der Waals surface area contributed by atoms with Crippen LogP contribution in [0.1, 0.15) is 30.1 Å². The Balaban J connectivity index is 2.12. The lowest BCUT2D eigenvalue weighted by atomic mass is 10.1. The summed E-state index contributed by atoms with van der Waals surface area (Å²) in [7, 11) is 0. The number of hydrogen-bond acceptors (Lipinski definition) is 1. The third-order valence-corrected chi connectivity index (χ3v) is 4.20. The Labute approximate surface area is 110 Å². The molecule has 0 radical (unpaired) electrons. The van der Waals surface area contributed by atoms with Gasteiger partial charge in [0.1, 0.15) is 0 Å². The molecule has 0 aliphatic carbocycles. The van der Waals surface area contributed by atoms with Crippen LogP contribution < -0.4 is 0 Å². The van der Waals surface area contributed by atoms with Crippen molar-refractivity contribution in [3.8, 4) is 0 Å². The zero-order chi connectivity index (χ0) is 11.5. The first-order chi connectivity index (χ1) is 7.72. The van der Waals surface area contributed by atoms with E-state index in [9.17, 15) is 4.79 Å². The van der Waals surface area contributed by atoms with E-state index in [4.69, 9.17) is 0 Å². The Hall–Kier alpha value is -0.580. The molecule has 16 heavy (non-hydrogen) atoms. The number of nitrogens with zero attached hydrogens (tertiary/aromatic N) is 1. The molecule has 1 aliphatic heterocycles. The molecule has 86 valence electrons. The minimum atomic E-state index is 0.195. The maximum Gasteiger partial charge on any atom is 0.254 e. The third kappa shape index (κ3) is 2.39. The summed E-state index contributed by atoms with van der Waals surface area (Å²) in [5.41, 5.74) is 0.847. The molecule has 2 nitrogen and oxygen atoms in total. The van der Waals surface area contributed by atoms with Gasteiger partial charge in [0.2, 0.25) is 0 Å². The molecule has 1 atom stereocenters. The fourth-order valence-electron chi connectivity index (χ4n) is 2.16. The third-order valence-electron chi connectivity index (χ3n) is 3.25. The van der Waals surface area contributed by atoms with E-state index in [0.717, 1.165) is 28.6 Å². The molecular formula is C13H16INO. The second-order valence-electron chi connectivity index (χ2n) is 4.29. The molecule has 1 heterocycles. The van der Waals surface area contributed by atoms with Crippen LogP contribution in [0.15, 0.2) is 24.3 Å². The maximum atomic E-state index is 12.3. The SMILES string of the molecule is CCC1CCN(C(=O)c2ccccc2I)C1. The van der Waals surface area contributed by atoms with Crippen molar-refractivity contribution in [1.29, 1.82) is 0 Å². The number of rotatable bonds is 2. The van der Waals surface area contributed by atoms with Crippen LogP contribution in [0.5, 0.6) is 0 Å². The van der Waals surface area contributed by atoms with Gasteiger partial charge in [0, 0.05) is 16.7 Å². The van der Waals surface area contributed by atoms with Gasteiger partial charge in [0.25, 0.3) is 5.91 Å². The molecule has 0 saturated carbocycles. The molecule has 1 fully saturated rings. The van der Waals surface area contributed by atoms with E-state index in [-0.39, 0.29) is 5.91 Å². The van der Waals surface area contributed by atoms with Crippen molar-refractivity contribution in [2.45, 2.75) is 19.8 Å². The lowest BCUT2D eigenvalue weighted by Gasteiger charge is -2.17. The van der Waals surface area contributed by atoms with Crippen LogP contribution in [-0.2, 0) is 0 Å². The van der Waals surface area contributed by atoms with Crippen molar-refractivity contribution in [1.82, 2.24) is 4.90 Å². The average Bonchev–Trinajstić information content (AvgIpc) is 2.77. The summed E-state index contributed by atoms with van der Waals surface area (Å²) in [5, 5.41) is 0. The van der Waals surface area contributed by atoms with Gasteiger partial charge in [-0.2, -0.15) is 0 Å². The maximum absolute atomic E-state index is 12.3. The van der Waals surface area contributed by atoms with Crippen LogP contribution in [0.25, 0.3) is 0 Å². The van der Waals surface area contributed by atoms with E-state index >= 15 is 0 Å². The van der Waals surface area contributed by atoms with E-state index in [0.29, 0.717) is 5.92 Å². The second kappa shape index (κ2) is 5.17. The molecule has 3 heteroatoms. The summed E-state index contributed by atoms with van der Waals surface area (Å²) in [5.74, 6) is 0.895. The standard InChI is InChI=1S/C13H16INO/c1-2-10-7-8-15(9-10)13(16)11-5-3-4-6-12(11)14/h3-6,10H,2,7-9H2,1H3. The van der Waals surface area contributed by atoms with Gasteiger partial charge < -0.3 is 4.90 Å². The molecule has 0 bridgehead atoms. The Kier molecular flexibility index (Phi) is 3.84. The van der Waals surface area contributed by atoms with E-state index in [1.807, 2.05) is 29.2 Å². The van der Waals surface area contributed by atoms with Gasteiger partial charge in [-0.05, 0) is 47.1 Å². The van der Waals surface area contributed by atoms with Gasteiger partial charge in [-0.3, -0.25) is 4.79 Å². The predicted octanol–water partition coefficient (Wildman–Crippen LogP) is 3.16. The zero-order valence-corrected chi connectivity index (χ0v) is 11.6. The summed E-state index contributed by atoms with van der Waals surface area (Å²) >= 11 is 2.23. The van der Waals surface area contributed by atoms with Crippen molar-refractivity contribution in [2.75, 3.05) is 13.1 Å². The van der Waals surface area contributed by atoms with Gasteiger partial charge in [-0.15, -0.1) is 0 Å². The Morgan fingerprint density at radius 2 is 2.25 bits per heavy atom. The van der Waals surface area contributed by atoms with Gasteiger partial charge in [-0.1, -0.05) is 25.5 Å². The monoisotopic (exact) mass is 329 g/mol. The summed E-state index contributed by atoms with van der Waals surface area (Å²) in [4.78, 5) is 14.2. The highest BCUT2D eigenvalue weighted by Crippen LogP contribution is 2.22. The number of amides is 1. The number of likely N-dealkylation sites (tertiary alicyclic amines) is 1. The highest BCUT2D eigenvalue weighted by atomic mass is 127. The highest BCUT2D eigenvalue weighted by Gasteiger charge is 2.26. The van der Waals surface area contributed by atoms with Gasteiger partial charge in [0.05, 0.1) is 5.56 Å². The van der Waals surface area contributed by atoms with Gasteiger partial charge in [0.15, 0.2) is 0 Å². The van der Waals surface area contributed by atoms with E-state index < -0.39 is 0 Å². The molecule has 2 rings (SSSR count). The quantitative estimate of drug-likeness (QED) is 0.764. The minimum Gasteiger partial charge on any atom is -0.338 e. The molecule has 1 aliphatic rings. The summed E-state index contributed by atoms with van der Waals surface area (Å²) in [6, 6.07) is 7.81. The predicted molar refractivity (Wildman–Crippen MR) is 73.5 cm³/mol. The largest absolute Gasteiger partial charge is 0.338 e. The smallest absolute Gasteiger partial charge is 0.254 e. The first kappa shape index (κ1) is 11.9. The van der Waals surface area contributed by atoms with Crippen molar-refractivity contribution in [3.05, 3.63) is 33.4 Å². The Morgan fingerprint density at radius 3 is 2.88 bits per heavy atom.